The fraction of sp³-hybridized carbons (Fsp3) is 0.167. The van der Waals surface area contributed by atoms with Gasteiger partial charge in [-0.15, -0.1) is 0 Å². The van der Waals surface area contributed by atoms with E-state index in [0.29, 0.717) is 0 Å². The molecule has 1 nitrogen and oxygen atoms in total. The number of unbranched alkanes of at least 4 members (excludes halogenated alkanes) is 1. The van der Waals surface area contributed by atoms with Gasteiger partial charge in [0, 0.05) is 5.56 Å². The summed E-state index contributed by atoms with van der Waals surface area (Å²) in [6.45, 7) is 0. The monoisotopic (exact) mass is 250 g/mol. The summed E-state index contributed by atoms with van der Waals surface area (Å²) in [6.07, 6.45) is 6.72. The first kappa shape index (κ1) is 13.3. The van der Waals surface area contributed by atoms with Crippen LogP contribution in [-0.4, -0.2) is 5.78 Å². The van der Waals surface area contributed by atoms with E-state index in [-0.39, 0.29) is 5.78 Å². The van der Waals surface area contributed by atoms with Crippen LogP contribution in [0.2, 0.25) is 0 Å². The second-order valence-electron chi connectivity index (χ2n) is 4.51. The van der Waals surface area contributed by atoms with E-state index in [9.17, 15) is 4.79 Å². The van der Waals surface area contributed by atoms with Crippen molar-refractivity contribution >= 4 is 5.78 Å². The second kappa shape index (κ2) is 7.32. The molecule has 0 amide bonds. The van der Waals surface area contributed by atoms with E-state index in [2.05, 4.69) is 24.3 Å². The molecule has 1 heteroatoms. The van der Waals surface area contributed by atoms with Gasteiger partial charge in [0.05, 0.1) is 0 Å². The van der Waals surface area contributed by atoms with Gasteiger partial charge in [0.25, 0.3) is 0 Å². The summed E-state index contributed by atoms with van der Waals surface area (Å²) in [5, 5.41) is 0. The molecule has 0 unspecified atom stereocenters. The first-order valence-electron chi connectivity index (χ1n) is 6.66. The number of carbonyl (C=O) groups is 1. The fourth-order valence-electron chi connectivity index (χ4n) is 1.96. The molecule has 0 aromatic heterocycles. The average Bonchev–Trinajstić information content (AvgIpc) is 2.49. The lowest BCUT2D eigenvalue weighted by Gasteiger charge is -1.98. The van der Waals surface area contributed by atoms with Crippen molar-refractivity contribution in [3.05, 3.63) is 83.9 Å². The van der Waals surface area contributed by atoms with E-state index in [1.165, 1.54) is 5.56 Å². The Balaban J connectivity index is 1.74. The summed E-state index contributed by atoms with van der Waals surface area (Å²) in [5.41, 5.74) is 2.10. The molecule has 19 heavy (non-hydrogen) atoms. The van der Waals surface area contributed by atoms with Gasteiger partial charge in [0.1, 0.15) is 0 Å². The van der Waals surface area contributed by atoms with Crippen molar-refractivity contribution in [2.24, 2.45) is 0 Å². The van der Waals surface area contributed by atoms with Gasteiger partial charge in [0.15, 0.2) is 5.78 Å². The third-order valence-corrected chi connectivity index (χ3v) is 3.01. The van der Waals surface area contributed by atoms with Crippen LogP contribution in [0.1, 0.15) is 28.8 Å². The predicted octanol–water partition coefficient (Wildman–Crippen LogP) is 4.45. The molecule has 2 aromatic carbocycles. The average molecular weight is 250 g/mol. The van der Waals surface area contributed by atoms with Crippen molar-refractivity contribution < 1.29 is 4.79 Å². The molecule has 0 spiro atoms. The van der Waals surface area contributed by atoms with Crippen molar-refractivity contribution in [1.82, 2.24) is 0 Å². The molecule has 0 atom stereocenters. The van der Waals surface area contributed by atoms with Crippen molar-refractivity contribution in [3.63, 3.8) is 0 Å². The van der Waals surface area contributed by atoms with Crippen LogP contribution in [0.3, 0.4) is 0 Å². The van der Waals surface area contributed by atoms with Crippen LogP contribution in [0.25, 0.3) is 0 Å². The normalized spacial score (nSPS) is 10.7. The Morgan fingerprint density at radius 2 is 1.53 bits per heavy atom. The molecule has 2 aromatic rings. The highest BCUT2D eigenvalue weighted by atomic mass is 16.1. The van der Waals surface area contributed by atoms with Crippen LogP contribution in [0.4, 0.5) is 0 Å². The van der Waals surface area contributed by atoms with Gasteiger partial charge in [-0.25, -0.2) is 0 Å². The zero-order chi connectivity index (χ0) is 13.3. The quantitative estimate of drug-likeness (QED) is 0.420. The molecule has 96 valence electrons. The van der Waals surface area contributed by atoms with Crippen molar-refractivity contribution in [1.29, 1.82) is 0 Å². The predicted molar refractivity (Wildman–Crippen MR) is 79.3 cm³/mol. The Morgan fingerprint density at radius 3 is 2.21 bits per heavy atom. The number of aryl methyl sites for hydroxylation is 1. The standard InChI is InChI=1S/C18H18O/c19-18(17-13-7-3-8-14-17)15-9-2-6-12-16-10-4-1-5-11-16/h1,3-5,7-11,13-15H,2,6,12H2/b15-9+. The number of hydrogen-bond donors (Lipinski definition) is 0. The molecular formula is C18H18O. The second-order valence-corrected chi connectivity index (χ2v) is 4.51. The van der Waals surface area contributed by atoms with Crippen molar-refractivity contribution in [3.8, 4) is 0 Å². The Labute approximate surface area is 114 Å². The van der Waals surface area contributed by atoms with Gasteiger partial charge in [-0.05, 0) is 30.9 Å². The van der Waals surface area contributed by atoms with Crippen LogP contribution >= 0.6 is 0 Å². The Hall–Kier alpha value is -2.15. The summed E-state index contributed by atoms with van der Waals surface area (Å²) >= 11 is 0. The molecule has 0 saturated heterocycles. The lowest BCUT2D eigenvalue weighted by Crippen LogP contribution is -1.92. The minimum Gasteiger partial charge on any atom is -0.289 e. The maximum absolute atomic E-state index is 11.8. The third kappa shape index (κ3) is 4.55. The van der Waals surface area contributed by atoms with Gasteiger partial charge in [-0.1, -0.05) is 66.7 Å². The van der Waals surface area contributed by atoms with Gasteiger partial charge in [0.2, 0.25) is 0 Å². The molecule has 0 bridgehead atoms. The van der Waals surface area contributed by atoms with Crippen molar-refractivity contribution in [2.45, 2.75) is 19.3 Å². The maximum Gasteiger partial charge on any atom is 0.185 e. The summed E-state index contributed by atoms with van der Waals surface area (Å²) in [4.78, 5) is 11.8. The lowest BCUT2D eigenvalue weighted by molar-refractivity contribution is 0.104. The summed E-state index contributed by atoms with van der Waals surface area (Å²) in [6, 6.07) is 19.8. The van der Waals surface area contributed by atoms with Crippen LogP contribution in [0, 0.1) is 0 Å². The SMILES string of the molecule is O=C(/C=C/CCCc1ccccc1)c1ccccc1. The molecule has 0 N–H and O–H groups in total. The molecule has 0 aliphatic rings. The van der Waals surface area contributed by atoms with Crippen LogP contribution in [0.15, 0.2) is 72.8 Å². The number of rotatable bonds is 6. The Kier molecular flexibility index (Phi) is 5.12. The number of hydrogen-bond acceptors (Lipinski definition) is 1. The minimum atomic E-state index is 0.0836. The zero-order valence-corrected chi connectivity index (χ0v) is 11.0. The Morgan fingerprint density at radius 1 is 0.895 bits per heavy atom. The van der Waals surface area contributed by atoms with Gasteiger partial charge >= 0.3 is 0 Å². The molecule has 0 radical (unpaired) electrons. The van der Waals surface area contributed by atoms with Gasteiger partial charge < -0.3 is 0 Å². The Bertz CT molecular complexity index is 526. The van der Waals surface area contributed by atoms with E-state index in [4.69, 9.17) is 0 Å². The molecule has 0 aliphatic heterocycles. The maximum atomic E-state index is 11.8. The van der Waals surface area contributed by atoms with E-state index in [0.717, 1.165) is 24.8 Å². The summed E-state index contributed by atoms with van der Waals surface area (Å²) in [7, 11) is 0. The van der Waals surface area contributed by atoms with E-state index < -0.39 is 0 Å². The first-order chi connectivity index (χ1) is 9.36. The molecule has 0 aliphatic carbocycles. The molecule has 2 rings (SSSR count). The smallest absolute Gasteiger partial charge is 0.185 e. The summed E-state index contributed by atoms with van der Waals surface area (Å²) in [5.74, 6) is 0.0836. The highest BCUT2D eigenvalue weighted by molar-refractivity contribution is 6.04. The van der Waals surface area contributed by atoms with Gasteiger partial charge in [-0.2, -0.15) is 0 Å². The fourth-order valence-corrected chi connectivity index (χ4v) is 1.96. The minimum absolute atomic E-state index is 0.0836. The lowest BCUT2D eigenvalue weighted by atomic mass is 10.1. The highest BCUT2D eigenvalue weighted by Crippen LogP contribution is 2.06. The number of carbonyl (C=O) groups excluding carboxylic acids is 1. The summed E-state index contributed by atoms with van der Waals surface area (Å²) < 4.78 is 0. The van der Waals surface area contributed by atoms with Crippen LogP contribution in [0.5, 0.6) is 0 Å². The van der Waals surface area contributed by atoms with Crippen molar-refractivity contribution in [2.75, 3.05) is 0 Å². The van der Waals surface area contributed by atoms with Crippen LogP contribution < -0.4 is 0 Å². The zero-order valence-electron chi connectivity index (χ0n) is 11.0. The molecule has 0 heterocycles. The number of benzene rings is 2. The molecule has 0 fully saturated rings. The first-order valence-corrected chi connectivity index (χ1v) is 6.66. The van der Waals surface area contributed by atoms with E-state index in [1.54, 1.807) is 6.08 Å². The van der Waals surface area contributed by atoms with E-state index >= 15 is 0 Å². The topological polar surface area (TPSA) is 17.1 Å². The largest absolute Gasteiger partial charge is 0.289 e. The van der Waals surface area contributed by atoms with Crippen LogP contribution in [-0.2, 0) is 6.42 Å². The highest BCUT2D eigenvalue weighted by Gasteiger charge is 1.98. The number of allylic oxidation sites excluding steroid dienone is 2. The third-order valence-electron chi connectivity index (χ3n) is 3.01. The molecule has 0 saturated carbocycles. The number of ketones is 1. The van der Waals surface area contributed by atoms with E-state index in [1.807, 2.05) is 42.5 Å². The molecular weight excluding hydrogens is 232 g/mol. The van der Waals surface area contributed by atoms with Gasteiger partial charge in [-0.3, -0.25) is 4.79 Å².